The van der Waals surface area contributed by atoms with Crippen molar-refractivity contribution in [2.24, 2.45) is 5.73 Å². The molecule has 6 N–H and O–H groups in total. The van der Waals surface area contributed by atoms with E-state index in [9.17, 15) is 13.2 Å². The molecule has 2 aromatic heterocycles. The van der Waals surface area contributed by atoms with Crippen LogP contribution in [-0.4, -0.2) is 42.0 Å². The maximum Gasteiger partial charge on any atom is 0.354 e. The Bertz CT molecular complexity index is 1160. The van der Waals surface area contributed by atoms with Gasteiger partial charge in [-0.2, -0.15) is 4.98 Å². The predicted molar refractivity (Wildman–Crippen MR) is 106 cm³/mol. The van der Waals surface area contributed by atoms with E-state index in [1.807, 2.05) is 13.0 Å². The quantitative estimate of drug-likeness (QED) is 0.215. The smallest absolute Gasteiger partial charge is 0.354 e. The van der Waals surface area contributed by atoms with E-state index >= 15 is 0 Å². The van der Waals surface area contributed by atoms with Gasteiger partial charge in [-0.1, -0.05) is 0 Å². The van der Waals surface area contributed by atoms with Gasteiger partial charge in [-0.15, -0.1) is 0 Å². The molecule has 0 saturated heterocycles. The Kier molecular flexibility index (Phi) is 5.47. The SMILES string of the molecule is Cc1cc2cn(-c3ccc(S(=O)(=O)NCCCNC(=N)N)cc3)c(=O)nc2[nH]1. The lowest BCUT2D eigenvalue weighted by atomic mass is 10.3. The minimum Gasteiger partial charge on any atom is -0.370 e. The number of H-pyrrole nitrogens is 1. The third kappa shape index (κ3) is 4.38. The molecule has 0 aliphatic carbocycles. The van der Waals surface area contributed by atoms with Gasteiger partial charge in [-0.3, -0.25) is 9.98 Å². The van der Waals surface area contributed by atoms with Crippen LogP contribution in [0.4, 0.5) is 0 Å². The summed E-state index contributed by atoms with van der Waals surface area (Å²) < 4.78 is 28.5. The highest BCUT2D eigenvalue weighted by atomic mass is 32.2. The number of aromatic nitrogens is 3. The van der Waals surface area contributed by atoms with Crippen LogP contribution in [0.5, 0.6) is 0 Å². The second kappa shape index (κ2) is 7.82. The summed E-state index contributed by atoms with van der Waals surface area (Å²) in [5, 5.41) is 10.4. The Morgan fingerprint density at radius 2 is 2.00 bits per heavy atom. The minimum absolute atomic E-state index is 0.0929. The Balaban J connectivity index is 1.75. The van der Waals surface area contributed by atoms with E-state index in [0.29, 0.717) is 24.3 Å². The number of nitrogens with two attached hydrogens (primary N) is 1. The largest absolute Gasteiger partial charge is 0.370 e. The van der Waals surface area contributed by atoms with Crippen LogP contribution in [0.3, 0.4) is 0 Å². The fraction of sp³-hybridized carbons (Fsp3) is 0.235. The summed E-state index contributed by atoms with van der Waals surface area (Å²) in [6, 6.07) is 7.86. The van der Waals surface area contributed by atoms with Gasteiger partial charge in [0.2, 0.25) is 10.0 Å². The molecule has 2 heterocycles. The molecule has 0 bridgehead atoms. The molecule has 0 amide bonds. The number of aryl methyl sites for hydroxylation is 1. The molecule has 0 aliphatic heterocycles. The molecule has 28 heavy (non-hydrogen) atoms. The van der Waals surface area contributed by atoms with Gasteiger partial charge < -0.3 is 16.0 Å². The lowest BCUT2D eigenvalue weighted by Gasteiger charge is -2.09. The molecule has 3 rings (SSSR count). The lowest BCUT2D eigenvalue weighted by Crippen LogP contribution is -2.33. The van der Waals surface area contributed by atoms with Crippen molar-refractivity contribution in [2.75, 3.05) is 13.1 Å². The molecule has 0 fully saturated rings. The van der Waals surface area contributed by atoms with Crippen molar-refractivity contribution in [1.29, 1.82) is 5.41 Å². The van der Waals surface area contributed by atoms with E-state index in [0.717, 1.165) is 11.1 Å². The summed E-state index contributed by atoms with van der Waals surface area (Å²) >= 11 is 0. The number of sulfonamides is 1. The number of hydrogen-bond donors (Lipinski definition) is 5. The van der Waals surface area contributed by atoms with Crippen LogP contribution in [-0.2, 0) is 10.0 Å². The normalized spacial score (nSPS) is 11.6. The van der Waals surface area contributed by atoms with Crippen LogP contribution in [0.15, 0.2) is 46.2 Å². The van der Waals surface area contributed by atoms with Gasteiger partial charge in [0.05, 0.1) is 10.6 Å². The summed E-state index contributed by atoms with van der Waals surface area (Å²) in [5.74, 6) is -0.156. The van der Waals surface area contributed by atoms with Gasteiger partial charge in [0, 0.05) is 30.4 Å². The number of nitrogens with one attached hydrogen (secondary N) is 4. The highest BCUT2D eigenvalue weighted by molar-refractivity contribution is 7.89. The van der Waals surface area contributed by atoms with Gasteiger partial charge in [0.25, 0.3) is 0 Å². The van der Waals surface area contributed by atoms with Crippen molar-refractivity contribution in [3.8, 4) is 5.69 Å². The van der Waals surface area contributed by atoms with E-state index in [1.54, 1.807) is 18.3 Å². The van der Waals surface area contributed by atoms with Crippen LogP contribution >= 0.6 is 0 Å². The van der Waals surface area contributed by atoms with Crippen LogP contribution in [0, 0.1) is 12.3 Å². The summed E-state index contributed by atoms with van der Waals surface area (Å²) in [7, 11) is -3.67. The number of aromatic amines is 1. The average molecular weight is 403 g/mol. The summed E-state index contributed by atoms with van der Waals surface area (Å²) in [4.78, 5) is 19.4. The first-order valence-electron chi connectivity index (χ1n) is 8.53. The molecule has 0 spiro atoms. The van der Waals surface area contributed by atoms with Crippen molar-refractivity contribution in [2.45, 2.75) is 18.2 Å². The second-order valence-electron chi connectivity index (χ2n) is 6.24. The molecule has 3 aromatic rings. The topological polar surface area (TPSA) is 159 Å². The van der Waals surface area contributed by atoms with E-state index in [4.69, 9.17) is 11.1 Å². The van der Waals surface area contributed by atoms with Crippen LogP contribution in [0.2, 0.25) is 0 Å². The molecule has 0 saturated carbocycles. The van der Waals surface area contributed by atoms with Crippen molar-refractivity contribution in [1.82, 2.24) is 24.6 Å². The molecule has 0 unspecified atom stereocenters. The number of hydrogen-bond acceptors (Lipinski definition) is 5. The maximum atomic E-state index is 12.3. The Morgan fingerprint density at radius 1 is 1.29 bits per heavy atom. The Labute approximate surface area is 161 Å². The minimum atomic E-state index is -3.67. The van der Waals surface area contributed by atoms with Crippen molar-refractivity contribution >= 4 is 27.0 Å². The van der Waals surface area contributed by atoms with E-state index in [2.05, 4.69) is 20.0 Å². The Morgan fingerprint density at radius 3 is 2.68 bits per heavy atom. The fourth-order valence-electron chi connectivity index (χ4n) is 2.70. The molecular formula is C17H21N7O3S. The van der Waals surface area contributed by atoms with Crippen molar-refractivity contribution < 1.29 is 8.42 Å². The second-order valence-corrected chi connectivity index (χ2v) is 8.00. The first kappa shape index (κ1) is 19.6. The third-order valence-electron chi connectivity index (χ3n) is 4.03. The van der Waals surface area contributed by atoms with Crippen molar-refractivity contribution in [3.63, 3.8) is 0 Å². The zero-order chi connectivity index (χ0) is 20.3. The molecule has 11 heteroatoms. The van der Waals surface area contributed by atoms with Gasteiger partial charge in [-0.25, -0.2) is 17.9 Å². The zero-order valence-corrected chi connectivity index (χ0v) is 16.0. The highest BCUT2D eigenvalue weighted by Crippen LogP contribution is 2.15. The number of rotatable bonds is 7. The molecule has 148 valence electrons. The average Bonchev–Trinajstić information content (AvgIpc) is 2.99. The first-order chi connectivity index (χ1) is 13.3. The van der Waals surface area contributed by atoms with Gasteiger partial charge >= 0.3 is 5.69 Å². The van der Waals surface area contributed by atoms with E-state index < -0.39 is 15.7 Å². The standard InChI is InChI=1S/C17H21N7O3S/c1-11-9-12-10-24(17(25)23-15(12)22-11)13-3-5-14(6-4-13)28(26,27)21-8-2-7-20-16(18)19/h3-6,9-10,21H,2,7-8H2,1H3,(H4,18,19,20)(H,22,23,25). The first-order valence-corrected chi connectivity index (χ1v) is 10.0. The van der Waals surface area contributed by atoms with Crippen LogP contribution in [0.1, 0.15) is 12.1 Å². The summed E-state index contributed by atoms with van der Waals surface area (Å²) in [6.07, 6.45) is 2.14. The van der Waals surface area contributed by atoms with Crippen molar-refractivity contribution in [3.05, 3.63) is 52.7 Å². The molecule has 0 aliphatic rings. The zero-order valence-electron chi connectivity index (χ0n) is 15.2. The summed E-state index contributed by atoms with van der Waals surface area (Å²) in [6.45, 7) is 2.48. The molecular weight excluding hydrogens is 382 g/mol. The van der Waals surface area contributed by atoms with Crippen LogP contribution < -0.4 is 21.5 Å². The number of guanidine groups is 1. The molecule has 10 nitrogen and oxygen atoms in total. The molecule has 0 atom stereocenters. The van der Waals surface area contributed by atoms with E-state index in [1.165, 1.54) is 16.7 Å². The van der Waals surface area contributed by atoms with E-state index in [-0.39, 0.29) is 17.4 Å². The third-order valence-corrected chi connectivity index (χ3v) is 5.51. The highest BCUT2D eigenvalue weighted by Gasteiger charge is 2.14. The van der Waals surface area contributed by atoms with Crippen LogP contribution in [0.25, 0.3) is 16.7 Å². The van der Waals surface area contributed by atoms with Gasteiger partial charge in [0.15, 0.2) is 5.96 Å². The van der Waals surface area contributed by atoms with Gasteiger partial charge in [-0.05, 0) is 43.7 Å². The predicted octanol–water partition coefficient (Wildman–Crippen LogP) is 0.174. The number of benzene rings is 1. The lowest BCUT2D eigenvalue weighted by molar-refractivity contribution is 0.578. The summed E-state index contributed by atoms with van der Waals surface area (Å²) in [5.41, 5.74) is 6.63. The monoisotopic (exact) mass is 403 g/mol. The maximum absolute atomic E-state index is 12.3. The Hall–Kier alpha value is -3.18. The number of fused-ring (bicyclic) bond motifs is 1. The molecule has 1 aromatic carbocycles. The fourth-order valence-corrected chi connectivity index (χ4v) is 3.78. The number of nitrogens with zero attached hydrogens (tertiary/aromatic N) is 2. The molecule has 0 radical (unpaired) electrons. The van der Waals surface area contributed by atoms with Gasteiger partial charge in [0.1, 0.15) is 5.65 Å².